The van der Waals surface area contributed by atoms with E-state index in [9.17, 15) is 13.2 Å². The van der Waals surface area contributed by atoms with Crippen LogP contribution in [0.4, 0.5) is 13.2 Å². The predicted molar refractivity (Wildman–Crippen MR) is 72.0 cm³/mol. The van der Waals surface area contributed by atoms with Gasteiger partial charge in [-0.15, -0.1) is 0 Å². The second kappa shape index (κ2) is 6.19. The first kappa shape index (κ1) is 15.4. The third-order valence-electron chi connectivity index (χ3n) is 3.14. The van der Waals surface area contributed by atoms with Gasteiger partial charge >= 0.3 is 6.18 Å². The molecular formula is C13H17F3N4O. The van der Waals surface area contributed by atoms with Crippen molar-refractivity contribution in [3.63, 3.8) is 0 Å². The summed E-state index contributed by atoms with van der Waals surface area (Å²) in [6.45, 7) is 0.163. The van der Waals surface area contributed by atoms with Crippen molar-refractivity contribution in [3.8, 4) is 5.88 Å². The standard InChI is InChI=1S/C13H17F3N4O/c1-20(9-4-5-9)12(17)19-7-8-21-11-10(13(14,15)16)3-2-6-18-11/h2-3,6,9H,4-5,7-8H2,1H3,(H2,17,19). The molecule has 0 amide bonds. The van der Waals surface area contributed by atoms with Crippen molar-refractivity contribution >= 4 is 5.96 Å². The number of ether oxygens (including phenoxy) is 1. The highest BCUT2D eigenvalue weighted by Gasteiger charge is 2.35. The summed E-state index contributed by atoms with van der Waals surface area (Å²) >= 11 is 0. The number of hydrogen-bond donors (Lipinski definition) is 1. The van der Waals surface area contributed by atoms with Crippen LogP contribution in [0.25, 0.3) is 0 Å². The lowest BCUT2D eigenvalue weighted by molar-refractivity contribution is -0.139. The van der Waals surface area contributed by atoms with Gasteiger partial charge < -0.3 is 15.4 Å². The predicted octanol–water partition coefficient (Wildman–Crippen LogP) is 1.89. The maximum absolute atomic E-state index is 12.7. The van der Waals surface area contributed by atoms with E-state index in [2.05, 4.69) is 9.98 Å². The number of aromatic nitrogens is 1. The molecule has 116 valence electrons. The molecule has 1 saturated carbocycles. The molecule has 1 aromatic heterocycles. The molecule has 0 unspecified atom stereocenters. The number of alkyl halides is 3. The van der Waals surface area contributed by atoms with Crippen LogP contribution in [0.2, 0.25) is 0 Å². The number of nitrogens with two attached hydrogens (primary N) is 1. The Kier molecular flexibility index (Phi) is 4.54. The van der Waals surface area contributed by atoms with Gasteiger partial charge in [0.25, 0.3) is 0 Å². The van der Waals surface area contributed by atoms with Gasteiger partial charge in [-0.05, 0) is 25.0 Å². The molecule has 21 heavy (non-hydrogen) atoms. The number of hydrogen-bond acceptors (Lipinski definition) is 3. The molecule has 0 spiro atoms. The zero-order valence-electron chi connectivity index (χ0n) is 11.6. The van der Waals surface area contributed by atoms with E-state index in [0.29, 0.717) is 12.0 Å². The highest BCUT2D eigenvalue weighted by Crippen LogP contribution is 2.34. The van der Waals surface area contributed by atoms with Crippen LogP contribution in [0.3, 0.4) is 0 Å². The summed E-state index contributed by atoms with van der Waals surface area (Å²) in [4.78, 5) is 9.54. The van der Waals surface area contributed by atoms with Crippen LogP contribution in [0.15, 0.2) is 23.3 Å². The third kappa shape index (κ3) is 4.24. The van der Waals surface area contributed by atoms with Crippen molar-refractivity contribution in [2.45, 2.75) is 25.1 Å². The first-order chi connectivity index (χ1) is 9.89. The fourth-order valence-electron chi connectivity index (χ4n) is 1.78. The fourth-order valence-corrected chi connectivity index (χ4v) is 1.78. The molecule has 8 heteroatoms. The summed E-state index contributed by atoms with van der Waals surface area (Å²) in [5.41, 5.74) is 4.87. The number of pyridine rings is 1. The minimum atomic E-state index is -4.49. The summed E-state index contributed by atoms with van der Waals surface area (Å²) < 4.78 is 43.2. The Bertz CT molecular complexity index is 514. The molecule has 1 aliphatic carbocycles. The van der Waals surface area contributed by atoms with E-state index in [-0.39, 0.29) is 13.2 Å². The Morgan fingerprint density at radius 2 is 2.24 bits per heavy atom. The van der Waals surface area contributed by atoms with Gasteiger partial charge in [0.2, 0.25) is 5.88 Å². The van der Waals surface area contributed by atoms with Gasteiger partial charge in [-0.2, -0.15) is 13.2 Å². The third-order valence-corrected chi connectivity index (χ3v) is 3.14. The molecule has 2 N–H and O–H groups in total. The van der Waals surface area contributed by atoms with E-state index >= 15 is 0 Å². The smallest absolute Gasteiger partial charge is 0.421 e. The number of nitrogens with zero attached hydrogens (tertiary/aromatic N) is 3. The molecule has 0 aromatic carbocycles. The summed E-state index contributed by atoms with van der Waals surface area (Å²) in [6, 6.07) is 2.58. The minimum Gasteiger partial charge on any atom is -0.475 e. The minimum absolute atomic E-state index is 0.0146. The molecular weight excluding hydrogens is 285 g/mol. The second-order valence-electron chi connectivity index (χ2n) is 4.78. The quantitative estimate of drug-likeness (QED) is 0.512. The molecule has 0 saturated heterocycles. The summed E-state index contributed by atoms with van der Waals surface area (Å²) in [7, 11) is 1.85. The first-order valence-corrected chi connectivity index (χ1v) is 6.57. The van der Waals surface area contributed by atoms with Crippen molar-refractivity contribution in [1.82, 2.24) is 9.88 Å². The lowest BCUT2D eigenvalue weighted by Gasteiger charge is -2.17. The SMILES string of the molecule is CN(C(N)=NCCOc1ncccc1C(F)(F)F)C1CC1. The van der Waals surface area contributed by atoms with Crippen LogP contribution in [0, 0.1) is 0 Å². The van der Waals surface area contributed by atoms with Gasteiger partial charge in [0.1, 0.15) is 12.2 Å². The van der Waals surface area contributed by atoms with Gasteiger partial charge in [-0.1, -0.05) is 0 Å². The van der Waals surface area contributed by atoms with E-state index < -0.39 is 17.6 Å². The van der Waals surface area contributed by atoms with Crippen LogP contribution in [0.1, 0.15) is 18.4 Å². The van der Waals surface area contributed by atoms with Gasteiger partial charge in [0, 0.05) is 19.3 Å². The van der Waals surface area contributed by atoms with Crippen molar-refractivity contribution in [2.24, 2.45) is 10.7 Å². The molecule has 1 aliphatic rings. The maximum Gasteiger partial charge on any atom is 0.421 e. The Labute approximate surface area is 120 Å². The molecule has 0 atom stereocenters. The monoisotopic (exact) mass is 302 g/mol. The van der Waals surface area contributed by atoms with E-state index in [4.69, 9.17) is 10.5 Å². The van der Waals surface area contributed by atoms with Crippen LogP contribution in [-0.4, -0.2) is 42.1 Å². The van der Waals surface area contributed by atoms with Crippen LogP contribution < -0.4 is 10.5 Å². The average molecular weight is 302 g/mol. The highest BCUT2D eigenvalue weighted by molar-refractivity contribution is 5.78. The topological polar surface area (TPSA) is 63.7 Å². The lowest BCUT2D eigenvalue weighted by Crippen LogP contribution is -2.36. The number of aliphatic imine (C=N–C) groups is 1. The van der Waals surface area contributed by atoms with Crippen molar-refractivity contribution in [2.75, 3.05) is 20.2 Å². The van der Waals surface area contributed by atoms with Gasteiger partial charge in [0.15, 0.2) is 5.96 Å². The van der Waals surface area contributed by atoms with E-state index in [0.717, 1.165) is 18.9 Å². The van der Waals surface area contributed by atoms with E-state index in [1.807, 2.05) is 11.9 Å². The lowest BCUT2D eigenvalue weighted by atomic mass is 10.2. The average Bonchev–Trinajstić information content (AvgIpc) is 3.26. The van der Waals surface area contributed by atoms with Crippen LogP contribution in [0.5, 0.6) is 5.88 Å². The summed E-state index contributed by atoms with van der Waals surface area (Å²) in [5.74, 6) is -0.0625. The Hall–Kier alpha value is -1.99. The van der Waals surface area contributed by atoms with Gasteiger partial charge in [-0.25, -0.2) is 9.98 Å². The Morgan fingerprint density at radius 1 is 1.52 bits per heavy atom. The first-order valence-electron chi connectivity index (χ1n) is 6.57. The van der Waals surface area contributed by atoms with E-state index in [1.165, 1.54) is 12.3 Å². The molecule has 0 radical (unpaired) electrons. The maximum atomic E-state index is 12.7. The summed E-state index contributed by atoms with van der Waals surface area (Å²) in [5, 5.41) is 0. The molecule has 1 heterocycles. The largest absolute Gasteiger partial charge is 0.475 e. The molecule has 0 aliphatic heterocycles. The Balaban J connectivity index is 1.87. The molecule has 0 bridgehead atoms. The van der Waals surface area contributed by atoms with Crippen molar-refractivity contribution in [1.29, 1.82) is 0 Å². The number of halogens is 3. The van der Waals surface area contributed by atoms with Crippen molar-refractivity contribution in [3.05, 3.63) is 23.9 Å². The Morgan fingerprint density at radius 3 is 2.86 bits per heavy atom. The van der Waals surface area contributed by atoms with Crippen molar-refractivity contribution < 1.29 is 17.9 Å². The molecule has 2 rings (SSSR count). The zero-order chi connectivity index (χ0) is 15.5. The number of guanidine groups is 1. The normalized spacial score (nSPS) is 15.9. The number of rotatable bonds is 5. The summed E-state index contributed by atoms with van der Waals surface area (Å²) in [6.07, 6.45) is -1.06. The van der Waals surface area contributed by atoms with E-state index in [1.54, 1.807) is 0 Å². The molecule has 1 aromatic rings. The highest BCUT2D eigenvalue weighted by atomic mass is 19.4. The molecule has 1 fully saturated rings. The zero-order valence-corrected chi connectivity index (χ0v) is 11.6. The van der Waals surface area contributed by atoms with Gasteiger partial charge in [-0.3, -0.25) is 0 Å². The second-order valence-corrected chi connectivity index (χ2v) is 4.78. The van der Waals surface area contributed by atoms with Crippen LogP contribution in [-0.2, 0) is 6.18 Å². The van der Waals surface area contributed by atoms with Gasteiger partial charge in [0.05, 0.1) is 6.54 Å². The van der Waals surface area contributed by atoms with Crippen LogP contribution >= 0.6 is 0 Å². The molecule has 5 nitrogen and oxygen atoms in total. The fraction of sp³-hybridized carbons (Fsp3) is 0.538.